The summed E-state index contributed by atoms with van der Waals surface area (Å²) in [6, 6.07) is 7.23. The predicted octanol–water partition coefficient (Wildman–Crippen LogP) is 3.09. The van der Waals surface area contributed by atoms with E-state index in [2.05, 4.69) is 11.4 Å². The third-order valence-corrected chi connectivity index (χ3v) is 3.96. The maximum absolute atomic E-state index is 12.1. The number of hydrogen-bond donors (Lipinski definition) is 2. The molecule has 0 atom stereocenters. The summed E-state index contributed by atoms with van der Waals surface area (Å²) in [5.74, 6) is -1.35. The number of carbonyl (C=O) groups excluding carboxylic acids is 1. The van der Waals surface area contributed by atoms with Gasteiger partial charge in [0.25, 0.3) is 0 Å². The number of nitriles is 1. The van der Waals surface area contributed by atoms with Crippen molar-refractivity contribution < 1.29 is 14.7 Å². The SMILES string of the molecule is CCC(CC)(CC(=O)Nc1cccc(C)c1C#N)C(=O)O. The summed E-state index contributed by atoms with van der Waals surface area (Å²) in [6.45, 7) is 5.31. The van der Waals surface area contributed by atoms with E-state index in [-0.39, 0.29) is 12.3 Å². The molecule has 112 valence electrons. The lowest BCUT2D eigenvalue weighted by atomic mass is 9.79. The Morgan fingerprint density at radius 1 is 1.33 bits per heavy atom. The molecule has 1 amide bonds. The number of carbonyl (C=O) groups is 2. The largest absolute Gasteiger partial charge is 0.481 e. The standard InChI is InChI=1S/C16H20N2O3/c1-4-16(5-2,15(20)21)9-14(19)18-13-8-6-7-11(3)12(13)10-17/h6-8H,4-5,9H2,1-3H3,(H,18,19)(H,20,21). The van der Waals surface area contributed by atoms with Crippen molar-refractivity contribution in [3.8, 4) is 6.07 Å². The van der Waals surface area contributed by atoms with Crippen LogP contribution in [0, 0.1) is 23.7 Å². The number of carboxylic acids is 1. The Hall–Kier alpha value is -2.35. The van der Waals surface area contributed by atoms with Crippen molar-refractivity contribution in [2.24, 2.45) is 5.41 Å². The second-order valence-corrected chi connectivity index (χ2v) is 5.13. The molecule has 0 unspecified atom stereocenters. The molecule has 1 rings (SSSR count). The van der Waals surface area contributed by atoms with Gasteiger partial charge in [0.2, 0.25) is 5.91 Å². The van der Waals surface area contributed by atoms with E-state index in [1.807, 2.05) is 0 Å². The van der Waals surface area contributed by atoms with E-state index in [0.29, 0.717) is 24.1 Å². The molecule has 0 spiro atoms. The van der Waals surface area contributed by atoms with Crippen LogP contribution in [0.2, 0.25) is 0 Å². The first-order valence-corrected chi connectivity index (χ1v) is 6.93. The fraction of sp³-hybridized carbons (Fsp3) is 0.438. The summed E-state index contributed by atoms with van der Waals surface area (Å²) in [5.41, 5.74) is 0.542. The summed E-state index contributed by atoms with van der Waals surface area (Å²) in [6.07, 6.45) is 0.657. The van der Waals surface area contributed by atoms with Crippen molar-refractivity contribution >= 4 is 17.6 Å². The van der Waals surface area contributed by atoms with E-state index >= 15 is 0 Å². The monoisotopic (exact) mass is 288 g/mol. The number of carboxylic acid groups (broad SMARTS) is 1. The first-order chi connectivity index (χ1) is 9.90. The number of benzene rings is 1. The van der Waals surface area contributed by atoms with Crippen molar-refractivity contribution in [2.45, 2.75) is 40.0 Å². The normalized spacial score (nSPS) is 10.8. The van der Waals surface area contributed by atoms with Gasteiger partial charge in [0.05, 0.1) is 16.7 Å². The van der Waals surface area contributed by atoms with Gasteiger partial charge < -0.3 is 10.4 Å². The number of amides is 1. The quantitative estimate of drug-likeness (QED) is 0.841. The van der Waals surface area contributed by atoms with E-state index in [1.165, 1.54) is 0 Å². The average molecular weight is 288 g/mol. The average Bonchev–Trinajstić information content (AvgIpc) is 2.44. The van der Waals surface area contributed by atoms with E-state index in [4.69, 9.17) is 5.26 Å². The molecule has 0 aliphatic heterocycles. The Kier molecular flexibility index (Phi) is 5.48. The molecule has 0 aromatic heterocycles. The first kappa shape index (κ1) is 16.7. The van der Waals surface area contributed by atoms with E-state index in [9.17, 15) is 14.7 Å². The van der Waals surface area contributed by atoms with Crippen LogP contribution in [0.15, 0.2) is 18.2 Å². The molecule has 21 heavy (non-hydrogen) atoms. The number of aryl methyl sites for hydroxylation is 1. The Bertz CT molecular complexity index is 584. The lowest BCUT2D eigenvalue weighted by Crippen LogP contribution is -2.34. The lowest BCUT2D eigenvalue weighted by Gasteiger charge is -2.26. The van der Waals surface area contributed by atoms with E-state index in [1.54, 1.807) is 39.0 Å². The Balaban J connectivity index is 2.95. The second-order valence-electron chi connectivity index (χ2n) is 5.13. The molecule has 0 aliphatic rings. The van der Waals surface area contributed by atoms with Crippen LogP contribution >= 0.6 is 0 Å². The Labute approximate surface area is 124 Å². The van der Waals surface area contributed by atoms with Crippen LogP contribution in [0.1, 0.15) is 44.2 Å². The van der Waals surface area contributed by atoms with Crippen LogP contribution in [0.5, 0.6) is 0 Å². The fourth-order valence-electron chi connectivity index (χ4n) is 2.30. The van der Waals surface area contributed by atoms with E-state index in [0.717, 1.165) is 5.56 Å². The molecule has 1 aromatic carbocycles. The third kappa shape index (κ3) is 3.60. The zero-order valence-electron chi connectivity index (χ0n) is 12.6. The van der Waals surface area contributed by atoms with Crippen LogP contribution in [-0.2, 0) is 9.59 Å². The molecule has 0 fully saturated rings. The summed E-state index contributed by atoms with van der Waals surface area (Å²) >= 11 is 0. The minimum Gasteiger partial charge on any atom is -0.481 e. The van der Waals surface area contributed by atoms with Crippen molar-refractivity contribution in [2.75, 3.05) is 5.32 Å². The van der Waals surface area contributed by atoms with Crippen molar-refractivity contribution in [3.63, 3.8) is 0 Å². The van der Waals surface area contributed by atoms with Crippen LogP contribution in [-0.4, -0.2) is 17.0 Å². The van der Waals surface area contributed by atoms with Gasteiger partial charge in [0.15, 0.2) is 0 Å². The highest BCUT2D eigenvalue weighted by Crippen LogP contribution is 2.31. The Morgan fingerprint density at radius 3 is 2.43 bits per heavy atom. The molecular formula is C16H20N2O3. The van der Waals surface area contributed by atoms with Gasteiger partial charge in [-0.25, -0.2) is 0 Å². The molecule has 5 heteroatoms. The summed E-state index contributed by atoms with van der Waals surface area (Å²) < 4.78 is 0. The molecule has 5 nitrogen and oxygen atoms in total. The van der Waals surface area contributed by atoms with Crippen LogP contribution in [0.25, 0.3) is 0 Å². The highest BCUT2D eigenvalue weighted by Gasteiger charge is 2.37. The number of anilines is 1. The van der Waals surface area contributed by atoms with Gasteiger partial charge in [0, 0.05) is 6.42 Å². The minimum absolute atomic E-state index is 0.103. The van der Waals surface area contributed by atoms with Gasteiger partial charge in [-0.3, -0.25) is 9.59 Å². The van der Waals surface area contributed by atoms with Crippen LogP contribution in [0.3, 0.4) is 0 Å². The van der Waals surface area contributed by atoms with Crippen molar-refractivity contribution in [1.29, 1.82) is 5.26 Å². The van der Waals surface area contributed by atoms with Gasteiger partial charge in [0.1, 0.15) is 6.07 Å². The Morgan fingerprint density at radius 2 is 1.95 bits per heavy atom. The number of aliphatic carboxylic acids is 1. The number of hydrogen-bond acceptors (Lipinski definition) is 3. The first-order valence-electron chi connectivity index (χ1n) is 6.93. The molecule has 0 aliphatic carbocycles. The van der Waals surface area contributed by atoms with Gasteiger partial charge in [-0.2, -0.15) is 5.26 Å². The maximum atomic E-state index is 12.1. The van der Waals surface area contributed by atoms with Gasteiger partial charge >= 0.3 is 5.97 Å². The number of nitrogens with one attached hydrogen (secondary N) is 1. The van der Waals surface area contributed by atoms with Crippen molar-refractivity contribution in [3.05, 3.63) is 29.3 Å². The molecule has 0 heterocycles. The summed E-state index contributed by atoms with van der Waals surface area (Å²) in [5, 5.41) is 21.1. The smallest absolute Gasteiger partial charge is 0.310 e. The topological polar surface area (TPSA) is 90.2 Å². The maximum Gasteiger partial charge on any atom is 0.310 e. The molecular weight excluding hydrogens is 268 g/mol. The predicted molar refractivity (Wildman–Crippen MR) is 79.8 cm³/mol. The minimum atomic E-state index is -1.05. The number of rotatable bonds is 6. The van der Waals surface area contributed by atoms with Crippen molar-refractivity contribution in [1.82, 2.24) is 0 Å². The van der Waals surface area contributed by atoms with Gasteiger partial charge in [-0.05, 0) is 31.4 Å². The molecule has 0 saturated heterocycles. The third-order valence-electron chi connectivity index (χ3n) is 3.96. The zero-order chi connectivity index (χ0) is 16.0. The second kappa shape index (κ2) is 6.89. The number of nitrogens with zero attached hydrogens (tertiary/aromatic N) is 1. The molecule has 0 bridgehead atoms. The molecule has 0 saturated carbocycles. The van der Waals surface area contributed by atoms with Gasteiger partial charge in [-0.1, -0.05) is 26.0 Å². The summed E-state index contributed by atoms with van der Waals surface area (Å²) in [7, 11) is 0. The lowest BCUT2D eigenvalue weighted by molar-refractivity contribution is -0.151. The molecule has 1 aromatic rings. The van der Waals surface area contributed by atoms with Crippen LogP contribution in [0.4, 0.5) is 5.69 Å². The molecule has 0 radical (unpaired) electrons. The highest BCUT2D eigenvalue weighted by molar-refractivity contribution is 5.95. The van der Waals surface area contributed by atoms with Gasteiger partial charge in [-0.15, -0.1) is 0 Å². The summed E-state index contributed by atoms with van der Waals surface area (Å²) in [4.78, 5) is 23.6. The highest BCUT2D eigenvalue weighted by atomic mass is 16.4. The zero-order valence-corrected chi connectivity index (χ0v) is 12.6. The molecule has 2 N–H and O–H groups in total. The van der Waals surface area contributed by atoms with E-state index < -0.39 is 11.4 Å². The van der Waals surface area contributed by atoms with Crippen LogP contribution < -0.4 is 5.32 Å². The fourth-order valence-corrected chi connectivity index (χ4v) is 2.30.